The summed E-state index contributed by atoms with van der Waals surface area (Å²) in [5, 5.41) is 0.721. The Balaban J connectivity index is 3.01. The minimum atomic E-state index is -3.18. The number of hydrogen-bond acceptors (Lipinski definition) is 2. The van der Waals surface area contributed by atoms with E-state index in [1.807, 2.05) is 19.9 Å². The summed E-state index contributed by atoms with van der Waals surface area (Å²) in [5.74, 6) is 0.211. The summed E-state index contributed by atoms with van der Waals surface area (Å²) in [7, 11) is -3.18. The van der Waals surface area contributed by atoms with E-state index in [2.05, 4.69) is 15.9 Å². The van der Waals surface area contributed by atoms with Gasteiger partial charge in [0, 0.05) is 5.33 Å². The van der Waals surface area contributed by atoms with Gasteiger partial charge in [0.25, 0.3) is 0 Å². The fraction of sp³-hybridized carbons (Fsp3) is 0.538. The quantitative estimate of drug-likeness (QED) is 0.750. The fourth-order valence-corrected chi connectivity index (χ4v) is 5.10. The topological polar surface area (TPSA) is 34.1 Å². The molecular formula is C13H19BrO2S. The zero-order chi connectivity index (χ0) is 12.9. The standard InChI is InChI=1S/C13H19BrO2S/c1-3-13(4-2,10-14)11-17(15,16)12-8-6-5-7-9-12/h5-9H,3-4,10-11H2,1-2H3. The molecule has 0 heterocycles. The smallest absolute Gasteiger partial charge is 0.178 e. The third-order valence-corrected chi connectivity index (χ3v) is 6.55. The van der Waals surface area contributed by atoms with Gasteiger partial charge in [-0.2, -0.15) is 0 Å². The molecule has 0 aliphatic carbocycles. The molecule has 0 aliphatic heterocycles. The molecule has 0 atom stereocenters. The molecule has 0 fully saturated rings. The monoisotopic (exact) mass is 318 g/mol. The Morgan fingerprint density at radius 2 is 1.65 bits per heavy atom. The van der Waals surface area contributed by atoms with Crippen LogP contribution in [0.2, 0.25) is 0 Å². The first-order chi connectivity index (χ1) is 7.99. The second kappa shape index (κ2) is 6.01. The second-order valence-electron chi connectivity index (χ2n) is 4.41. The summed E-state index contributed by atoms with van der Waals surface area (Å²) in [6, 6.07) is 8.69. The highest BCUT2D eigenvalue weighted by Gasteiger charge is 2.32. The van der Waals surface area contributed by atoms with E-state index in [0.717, 1.165) is 18.2 Å². The van der Waals surface area contributed by atoms with Crippen LogP contribution in [0.15, 0.2) is 35.2 Å². The molecule has 0 spiro atoms. The van der Waals surface area contributed by atoms with Gasteiger partial charge in [0.2, 0.25) is 0 Å². The Morgan fingerprint density at radius 1 is 1.12 bits per heavy atom. The average molecular weight is 319 g/mol. The number of hydrogen-bond donors (Lipinski definition) is 0. The summed E-state index contributed by atoms with van der Waals surface area (Å²) < 4.78 is 24.6. The van der Waals surface area contributed by atoms with Crippen LogP contribution in [0.4, 0.5) is 0 Å². The van der Waals surface area contributed by atoms with Crippen LogP contribution in [0, 0.1) is 5.41 Å². The molecule has 0 bridgehead atoms. The van der Waals surface area contributed by atoms with Gasteiger partial charge in [-0.15, -0.1) is 0 Å². The molecule has 0 N–H and O–H groups in total. The van der Waals surface area contributed by atoms with Crippen molar-refractivity contribution in [1.29, 1.82) is 0 Å². The first-order valence-corrected chi connectivity index (χ1v) is 8.61. The molecule has 0 aliphatic rings. The van der Waals surface area contributed by atoms with Gasteiger partial charge in [0.1, 0.15) is 0 Å². The Bertz CT molecular complexity index is 427. The number of alkyl halides is 1. The van der Waals surface area contributed by atoms with Gasteiger partial charge >= 0.3 is 0 Å². The predicted molar refractivity (Wildman–Crippen MR) is 75.3 cm³/mol. The maximum Gasteiger partial charge on any atom is 0.178 e. The fourth-order valence-electron chi connectivity index (χ4n) is 1.80. The Labute approximate surface area is 112 Å². The molecule has 4 heteroatoms. The van der Waals surface area contributed by atoms with E-state index in [1.54, 1.807) is 24.3 Å². The molecule has 1 rings (SSSR count). The molecule has 0 aromatic heterocycles. The van der Waals surface area contributed by atoms with E-state index in [0.29, 0.717) is 4.90 Å². The first kappa shape index (κ1) is 14.7. The van der Waals surface area contributed by atoms with Crippen molar-refractivity contribution in [3.05, 3.63) is 30.3 Å². The Morgan fingerprint density at radius 3 is 2.06 bits per heavy atom. The van der Waals surface area contributed by atoms with Crippen molar-refractivity contribution in [2.75, 3.05) is 11.1 Å². The van der Waals surface area contributed by atoms with Gasteiger partial charge in [0.05, 0.1) is 10.6 Å². The number of halogens is 1. The highest BCUT2D eigenvalue weighted by Crippen LogP contribution is 2.32. The van der Waals surface area contributed by atoms with Gasteiger partial charge in [-0.25, -0.2) is 8.42 Å². The van der Waals surface area contributed by atoms with E-state index in [-0.39, 0.29) is 11.2 Å². The van der Waals surface area contributed by atoms with Crippen LogP contribution in [-0.4, -0.2) is 19.5 Å². The molecule has 0 amide bonds. The number of sulfone groups is 1. The lowest BCUT2D eigenvalue weighted by Gasteiger charge is -2.29. The van der Waals surface area contributed by atoms with Gasteiger partial charge < -0.3 is 0 Å². The molecule has 1 aromatic carbocycles. The maximum atomic E-state index is 12.3. The van der Waals surface area contributed by atoms with E-state index >= 15 is 0 Å². The minimum absolute atomic E-state index is 0.158. The van der Waals surface area contributed by atoms with Crippen molar-refractivity contribution in [1.82, 2.24) is 0 Å². The lowest BCUT2D eigenvalue weighted by atomic mass is 9.87. The van der Waals surface area contributed by atoms with Crippen LogP contribution in [0.1, 0.15) is 26.7 Å². The normalized spacial score (nSPS) is 12.6. The molecule has 0 saturated heterocycles. The molecule has 0 saturated carbocycles. The van der Waals surface area contributed by atoms with Crippen molar-refractivity contribution in [3.8, 4) is 0 Å². The van der Waals surface area contributed by atoms with E-state index in [4.69, 9.17) is 0 Å². The van der Waals surface area contributed by atoms with Crippen LogP contribution in [0.5, 0.6) is 0 Å². The lowest BCUT2D eigenvalue weighted by Crippen LogP contribution is -2.30. The molecule has 0 radical (unpaired) electrons. The van der Waals surface area contributed by atoms with E-state index in [1.165, 1.54) is 0 Å². The minimum Gasteiger partial charge on any atom is -0.224 e. The molecule has 1 aromatic rings. The van der Waals surface area contributed by atoms with Crippen molar-refractivity contribution in [2.24, 2.45) is 5.41 Å². The Hall–Kier alpha value is -0.350. The van der Waals surface area contributed by atoms with Crippen LogP contribution in [0.3, 0.4) is 0 Å². The zero-order valence-corrected chi connectivity index (χ0v) is 12.7. The van der Waals surface area contributed by atoms with Crippen LogP contribution in [0.25, 0.3) is 0 Å². The van der Waals surface area contributed by atoms with Crippen molar-refractivity contribution >= 4 is 25.8 Å². The second-order valence-corrected chi connectivity index (χ2v) is 6.96. The van der Waals surface area contributed by atoms with Crippen molar-refractivity contribution in [2.45, 2.75) is 31.6 Å². The number of rotatable bonds is 6. The van der Waals surface area contributed by atoms with Crippen molar-refractivity contribution in [3.63, 3.8) is 0 Å². The molecule has 17 heavy (non-hydrogen) atoms. The maximum absolute atomic E-state index is 12.3. The summed E-state index contributed by atoms with van der Waals surface area (Å²) in [6.45, 7) is 4.09. The third kappa shape index (κ3) is 3.55. The molecule has 2 nitrogen and oxygen atoms in total. The van der Waals surface area contributed by atoms with Crippen LogP contribution in [-0.2, 0) is 9.84 Å². The SMILES string of the molecule is CCC(CC)(CBr)CS(=O)(=O)c1ccccc1. The predicted octanol–water partition coefficient (Wildman–Crippen LogP) is 3.66. The van der Waals surface area contributed by atoms with Gasteiger partial charge in [-0.1, -0.05) is 48.0 Å². The zero-order valence-electron chi connectivity index (χ0n) is 10.3. The third-order valence-electron chi connectivity index (χ3n) is 3.38. The van der Waals surface area contributed by atoms with Gasteiger partial charge in [0.15, 0.2) is 9.84 Å². The number of benzene rings is 1. The molecule has 0 unspecified atom stereocenters. The highest BCUT2D eigenvalue weighted by atomic mass is 79.9. The summed E-state index contributed by atoms with van der Waals surface area (Å²) in [5.41, 5.74) is -0.158. The first-order valence-electron chi connectivity index (χ1n) is 5.83. The van der Waals surface area contributed by atoms with Gasteiger partial charge in [-0.05, 0) is 30.4 Å². The molecular weight excluding hydrogens is 300 g/mol. The van der Waals surface area contributed by atoms with Crippen LogP contribution < -0.4 is 0 Å². The van der Waals surface area contributed by atoms with Crippen LogP contribution >= 0.6 is 15.9 Å². The van der Waals surface area contributed by atoms with Crippen molar-refractivity contribution < 1.29 is 8.42 Å². The summed E-state index contributed by atoms with van der Waals surface area (Å²) in [6.07, 6.45) is 1.72. The van der Waals surface area contributed by atoms with E-state index < -0.39 is 9.84 Å². The van der Waals surface area contributed by atoms with Gasteiger partial charge in [-0.3, -0.25) is 0 Å². The highest BCUT2D eigenvalue weighted by molar-refractivity contribution is 9.09. The summed E-state index contributed by atoms with van der Waals surface area (Å²) in [4.78, 5) is 0.423. The average Bonchev–Trinajstić information content (AvgIpc) is 2.37. The largest absolute Gasteiger partial charge is 0.224 e. The molecule has 96 valence electrons. The lowest BCUT2D eigenvalue weighted by molar-refractivity contribution is 0.351. The van der Waals surface area contributed by atoms with E-state index in [9.17, 15) is 8.42 Å². The Kier molecular flexibility index (Phi) is 5.20. The summed E-state index contributed by atoms with van der Waals surface area (Å²) >= 11 is 3.45.